The van der Waals surface area contributed by atoms with Gasteiger partial charge < -0.3 is 10.1 Å². The van der Waals surface area contributed by atoms with Gasteiger partial charge in [-0.2, -0.15) is 0 Å². The molecule has 1 atom stereocenters. The van der Waals surface area contributed by atoms with E-state index in [0.29, 0.717) is 11.3 Å². The molecule has 0 radical (unpaired) electrons. The predicted molar refractivity (Wildman–Crippen MR) is 50.4 cm³/mol. The number of nitro benzene ring substituents is 1. The molecule has 0 amide bonds. The lowest BCUT2D eigenvalue weighted by atomic mass is 10.1. The summed E-state index contributed by atoms with van der Waals surface area (Å²) < 4.78 is 4.96. The Balaban J connectivity index is 2.52. The molecule has 1 N–H and O–H groups in total. The van der Waals surface area contributed by atoms with E-state index >= 15 is 0 Å². The molecule has 0 saturated carbocycles. The highest BCUT2D eigenvalue weighted by molar-refractivity contribution is 5.55. The largest absolute Gasteiger partial charge is 0.490 e. The van der Waals surface area contributed by atoms with Gasteiger partial charge in [-0.3, -0.25) is 10.1 Å². The number of benzene rings is 1. The van der Waals surface area contributed by atoms with Gasteiger partial charge in [-0.05, 0) is 6.07 Å². The standard InChI is InChI=1S/C9H10N2O3/c1-14-8-4-2-3-6(7-5-10-7)9(8)11(12)13/h2-4,7,10H,5H2,1H3/t7-/m1/s1. The Morgan fingerprint density at radius 3 is 2.86 bits per heavy atom. The number of nitro groups is 1. The summed E-state index contributed by atoms with van der Waals surface area (Å²) in [5.41, 5.74) is 0.777. The lowest BCUT2D eigenvalue weighted by molar-refractivity contribution is -0.386. The molecule has 1 fully saturated rings. The molecular weight excluding hydrogens is 184 g/mol. The van der Waals surface area contributed by atoms with Crippen molar-refractivity contribution in [1.29, 1.82) is 0 Å². The fourth-order valence-corrected chi connectivity index (χ4v) is 1.46. The first-order valence-corrected chi connectivity index (χ1v) is 4.28. The second-order valence-corrected chi connectivity index (χ2v) is 3.12. The number of hydrogen-bond donors (Lipinski definition) is 1. The van der Waals surface area contributed by atoms with Crippen molar-refractivity contribution in [3.63, 3.8) is 0 Å². The third-order valence-corrected chi connectivity index (χ3v) is 2.22. The number of ether oxygens (including phenoxy) is 1. The zero-order valence-corrected chi connectivity index (χ0v) is 7.69. The second kappa shape index (κ2) is 3.26. The molecular formula is C9H10N2O3. The van der Waals surface area contributed by atoms with E-state index < -0.39 is 4.92 Å². The van der Waals surface area contributed by atoms with Crippen LogP contribution in [0.2, 0.25) is 0 Å². The average Bonchev–Trinajstić information content (AvgIpc) is 2.99. The molecule has 14 heavy (non-hydrogen) atoms. The maximum Gasteiger partial charge on any atom is 0.315 e. The Morgan fingerprint density at radius 2 is 2.36 bits per heavy atom. The van der Waals surface area contributed by atoms with Crippen LogP contribution in [0.4, 0.5) is 5.69 Å². The van der Waals surface area contributed by atoms with Gasteiger partial charge in [0.05, 0.1) is 23.6 Å². The summed E-state index contributed by atoms with van der Waals surface area (Å²) in [5.74, 6) is 0.321. The lowest BCUT2D eigenvalue weighted by Crippen LogP contribution is -1.99. The number of nitrogens with one attached hydrogen (secondary N) is 1. The molecule has 0 spiro atoms. The molecule has 1 saturated heterocycles. The van der Waals surface area contributed by atoms with Gasteiger partial charge in [0.1, 0.15) is 0 Å². The van der Waals surface area contributed by atoms with Crippen molar-refractivity contribution in [3.05, 3.63) is 33.9 Å². The van der Waals surface area contributed by atoms with Gasteiger partial charge in [0.2, 0.25) is 0 Å². The molecule has 1 aliphatic heterocycles. The van der Waals surface area contributed by atoms with Gasteiger partial charge in [0.25, 0.3) is 0 Å². The van der Waals surface area contributed by atoms with Gasteiger partial charge >= 0.3 is 5.69 Å². The summed E-state index contributed by atoms with van der Waals surface area (Å²) in [6.45, 7) is 0.800. The highest BCUT2D eigenvalue weighted by atomic mass is 16.6. The van der Waals surface area contributed by atoms with E-state index in [9.17, 15) is 10.1 Å². The Hall–Kier alpha value is -1.62. The highest BCUT2D eigenvalue weighted by Crippen LogP contribution is 2.37. The van der Waals surface area contributed by atoms with Crippen LogP contribution in [-0.4, -0.2) is 18.6 Å². The fourth-order valence-electron chi connectivity index (χ4n) is 1.46. The zero-order chi connectivity index (χ0) is 10.1. The minimum atomic E-state index is -0.395. The van der Waals surface area contributed by atoms with Crippen LogP contribution in [0, 0.1) is 10.1 Å². The van der Waals surface area contributed by atoms with Crippen LogP contribution in [0.1, 0.15) is 11.6 Å². The molecule has 5 heteroatoms. The second-order valence-electron chi connectivity index (χ2n) is 3.12. The van der Waals surface area contributed by atoms with Gasteiger partial charge in [0, 0.05) is 6.54 Å². The fraction of sp³-hybridized carbons (Fsp3) is 0.333. The molecule has 5 nitrogen and oxygen atoms in total. The molecule has 1 aromatic carbocycles. The Labute approximate surface area is 80.8 Å². The quantitative estimate of drug-likeness (QED) is 0.446. The Bertz CT molecular complexity index is 374. The van der Waals surface area contributed by atoms with Gasteiger partial charge in [-0.15, -0.1) is 0 Å². The van der Waals surface area contributed by atoms with Crippen LogP contribution in [0.3, 0.4) is 0 Å². The monoisotopic (exact) mass is 194 g/mol. The van der Waals surface area contributed by atoms with Gasteiger partial charge in [-0.25, -0.2) is 0 Å². The topological polar surface area (TPSA) is 74.3 Å². The van der Waals surface area contributed by atoms with Crippen molar-refractivity contribution in [2.24, 2.45) is 0 Å². The Morgan fingerprint density at radius 1 is 1.64 bits per heavy atom. The molecule has 1 aromatic rings. The third kappa shape index (κ3) is 1.42. The molecule has 0 unspecified atom stereocenters. The summed E-state index contributed by atoms with van der Waals surface area (Å²) >= 11 is 0. The van der Waals surface area contributed by atoms with Crippen LogP contribution in [0.5, 0.6) is 5.75 Å². The molecule has 74 valence electrons. The lowest BCUT2D eigenvalue weighted by Gasteiger charge is -2.04. The van der Waals surface area contributed by atoms with E-state index in [4.69, 9.17) is 4.74 Å². The number of rotatable bonds is 3. The molecule has 0 bridgehead atoms. The summed E-state index contributed by atoms with van der Waals surface area (Å²) in [4.78, 5) is 10.4. The van der Waals surface area contributed by atoms with E-state index in [1.54, 1.807) is 18.2 Å². The van der Waals surface area contributed by atoms with Gasteiger partial charge in [0.15, 0.2) is 5.75 Å². The zero-order valence-electron chi connectivity index (χ0n) is 7.69. The SMILES string of the molecule is COc1cccc([C@H]2CN2)c1[N+](=O)[O-]. The van der Waals surface area contributed by atoms with Crippen molar-refractivity contribution in [2.45, 2.75) is 6.04 Å². The summed E-state index contributed by atoms with van der Waals surface area (Å²) in [6.07, 6.45) is 0. The van der Waals surface area contributed by atoms with Crippen molar-refractivity contribution in [3.8, 4) is 5.75 Å². The van der Waals surface area contributed by atoms with E-state index in [-0.39, 0.29) is 11.7 Å². The third-order valence-electron chi connectivity index (χ3n) is 2.22. The number of methoxy groups -OCH3 is 1. The maximum absolute atomic E-state index is 10.8. The summed E-state index contributed by atoms with van der Waals surface area (Å²) in [6, 6.07) is 5.24. The Kier molecular flexibility index (Phi) is 2.09. The number of para-hydroxylation sites is 1. The van der Waals surface area contributed by atoms with E-state index in [2.05, 4.69) is 5.32 Å². The number of nitrogens with zero attached hydrogens (tertiary/aromatic N) is 1. The normalized spacial score (nSPS) is 19.1. The first kappa shape index (κ1) is 8.96. The van der Waals surface area contributed by atoms with E-state index in [1.807, 2.05) is 0 Å². The van der Waals surface area contributed by atoms with E-state index in [1.165, 1.54) is 7.11 Å². The van der Waals surface area contributed by atoms with Crippen LogP contribution in [-0.2, 0) is 0 Å². The minimum Gasteiger partial charge on any atom is -0.490 e. The van der Waals surface area contributed by atoms with Gasteiger partial charge in [-0.1, -0.05) is 12.1 Å². The molecule has 2 rings (SSSR count). The molecule has 1 heterocycles. The first-order valence-electron chi connectivity index (χ1n) is 4.28. The minimum absolute atomic E-state index is 0.0741. The molecule has 1 aliphatic rings. The average molecular weight is 194 g/mol. The van der Waals surface area contributed by atoms with Crippen LogP contribution >= 0.6 is 0 Å². The summed E-state index contributed by atoms with van der Waals surface area (Å²) in [5, 5.41) is 13.9. The van der Waals surface area contributed by atoms with Crippen LogP contribution < -0.4 is 10.1 Å². The highest BCUT2D eigenvalue weighted by Gasteiger charge is 2.32. The maximum atomic E-state index is 10.8. The number of hydrogen-bond acceptors (Lipinski definition) is 4. The van der Waals surface area contributed by atoms with Crippen molar-refractivity contribution in [2.75, 3.05) is 13.7 Å². The van der Waals surface area contributed by atoms with Crippen LogP contribution in [0.15, 0.2) is 18.2 Å². The molecule has 0 aromatic heterocycles. The smallest absolute Gasteiger partial charge is 0.315 e. The van der Waals surface area contributed by atoms with Crippen molar-refractivity contribution in [1.82, 2.24) is 5.32 Å². The molecule has 0 aliphatic carbocycles. The van der Waals surface area contributed by atoms with Crippen LogP contribution in [0.25, 0.3) is 0 Å². The summed E-state index contributed by atoms with van der Waals surface area (Å²) in [7, 11) is 1.44. The predicted octanol–water partition coefficient (Wildman–Crippen LogP) is 1.25. The van der Waals surface area contributed by atoms with Crippen molar-refractivity contribution >= 4 is 5.69 Å². The van der Waals surface area contributed by atoms with E-state index in [0.717, 1.165) is 6.54 Å². The van der Waals surface area contributed by atoms with Crippen molar-refractivity contribution < 1.29 is 9.66 Å². The first-order chi connectivity index (χ1) is 6.74.